The molecule has 0 unspecified atom stereocenters. The number of phenolic OH excluding ortho intramolecular Hbond substituents is 1. The summed E-state index contributed by atoms with van der Waals surface area (Å²) < 4.78 is 10.7. The van der Waals surface area contributed by atoms with E-state index >= 15 is 0 Å². The Labute approximate surface area is 130 Å². The van der Waals surface area contributed by atoms with E-state index in [-0.39, 0.29) is 11.8 Å². The maximum absolute atomic E-state index is 9.69. The van der Waals surface area contributed by atoms with Gasteiger partial charge in [0.05, 0.1) is 18.8 Å². The highest BCUT2D eigenvalue weighted by Gasteiger charge is 2.29. The minimum Gasteiger partial charge on any atom is -0.504 e. The van der Waals surface area contributed by atoms with Crippen LogP contribution in [0.1, 0.15) is 42.8 Å². The predicted octanol–water partition coefficient (Wildman–Crippen LogP) is 3.29. The van der Waals surface area contributed by atoms with E-state index in [2.05, 4.69) is 23.0 Å². The van der Waals surface area contributed by atoms with Crippen LogP contribution >= 0.6 is 0 Å². The average molecular weight is 302 g/mol. The summed E-state index contributed by atoms with van der Waals surface area (Å²) in [4.78, 5) is 2.39. The summed E-state index contributed by atoms with van der Waals surface area (Å²) in [6.45, 7) is 3.93. The number of phenols is 1. The number of rotatable bonds is 5. The zero-order chi connectivity index (χ0) is 15.5. The first-order valence-corrected chi connectivity index (χ1v) is 7.76. The van der Waals surface area contributed by atoms with E-state index in [9.17, 15) is 5.11 Å². The lowest BCUT2D eigenvalue weighted by Gasteiger charge is -2.22. The van der Waals surface area contributed by atoms with Crippen molar-refractivity contribution in [1.82, 2.24) is 10.1 Å². The van der Waals surface area contributed by atoms with Crippen LogP contribution in [0.2, 0.25) is 0 Å². The van der Waals surface area contributed by atoms with Crippen molar-refractivity contribution in [2.24, 2.45) is 0 Å². The van der Waals surface area contributed by atoms with Gasteiger partial charge in [-0.05, 0) is 43.5 Å². The van der Waals surface area contributed by atoms with Gasteiger partial charge in [-0.2, -0.15) is 0 Å². The number of nitrogens with zero attached hydrogens (tertiary/aromatic N) is 2. The summed E-state index contributed by atoms with van der Waals surface area (Å²) in [5, 5.41) is 13.8. The third-order valence-corrected chi connectivity index (χ3v) is 4.26. The Morgan fingerprint density at radius 1 is 1.41 bits per heavy atom. The van der Waals surface area contributed by atoms with E-state index in [4.69, 9.17) is 9.26 Å². The Morgan fingerprint density at radius 2 is 2.27 bits per heavy atom. The highest BCUT2D eigenvalue weighted by Crippen LogP contribution is 2.35. The second-order valence-corrected chi connectivity index (χ2v) is 5.71. The molecule has 22 heavy (non-hydrogen) atoms. The molecule has 0 bridgehead atoms. The van der Waals surface area contributed by atoms with Gasteiger partial charge in [0.1, 0.15) is 0 Å². The van der Waals surface area contributed by atoms with Crippen LogP contribution in [0, 0.1) is 0 Å². The van der Waals surface area contributed by atoms with E-state index in [0.717, 1.165) is 49.4 Å². The lowest BCUT2D eigenvalue weighted by Crippen LogP contribution is -2.22. The van der Waals surface area contributed by atoms with Gasteiger partial charge in [0.25, 0.3) is 0 Å². The standard InChI is InChI=1S/C17H22N2O3/c1-3-13-10-16(22-18-13)14-5-4-8-19(14)11-12-6-7-15(20)17(9-12)21-2/h6-7,9-10,14,20H,3-5,8,11H2,1-2H3/t14-/m0/s1. The number of aromatic hydroxyl groups is 1. The van der Waals surface area contributed by atoms with E-state index in [0.29, 0.717) is 5.75 Å². The minimum absolute atomic E-state index is 0.173. The summed E-state index contributed by atoms with van der Waals surface area (Å²) in [6, 6.07) is 7.87. The van der Waals surface area contributed by atoms with E-state index in [1.807, 2.05) is 12.1 Å². The Balaban J connectivity index is 1.76. The van der Waals surface area contributed by atoms with Gasteiger partial charge in [-0.25, -0.2) is 0 Å². The van der Waals surface area contributed by atoms with Crippen molar-refractivity contribution in [3.8, 4) is 11.5 Å². The van der Waals surface area contributed by atoms with Crippen molar-refractivity contribution in [2.75, 3.05) is 13.7 Å². The monoisotopic (exact) mass is 302 g/mol. The van der Waals surface area contributed by atoms with Crippen LogP contribution in [-0.2, 0) is 13.0 Å². The van der Waals surface area contributed by atoms with Gasteiger partial charge < -0.3 is 14.4 Å². The largest absolute Gasteiger partial charge is 0.504 e. The van der Waals surface area contributed by atoms with Crippen molar-refractivity contribution >= 4 is 0 Å². The molecule has 2 heterocycles. The molecule has 5 heteroatoms. The minimum atomic E-state index is 0.173. The highest BCUT2D eigenvalue weighted by atomic mass is 16.5. The third-order valence-electron chi connectivity index (χ3n) is 4.26. The smallest absolute Gasteiger partial charge is 0.160 e. The van der Waals surface area contributed by atoms with Crippen molar-refractivity contribution in [1.29, 1.82) is 0 Å². The Morgan fingerprint density at radius 3 is 3.00 bits per heavy atom. The zero-order valence-corrected chi connectivity index (χ0v) is 13.1. The van der Waals surface area contributed by atoms with Crippen LogP contribution in [0.25, 0.3) is 0 Å². The lowest BCUT2D eigenvalue weighted by atomic mass is 10.1. The number of benzene rings is 1. The predicted molar refractivity (Wildman–Crippen MR) is 82.9 cm³/mol. The van der Waals surface area contributed by atoms with Gasteiger partial charge >= 0.3 is 0 Å². The number of hydrogen-bond acceptors (Lipinski definition) is 5. The van der Waals surface area contributed by atoms with Crippen molar-refractivity contribution in [2.45, 2.75) is 38.8 Å². The topological polar surface area (TPSA) is 58.7 Å². The van der Waals surface area contributed by atoms with Crippen LogP contribution in [0.3, 0.4) is 0 Å². The fourth-order valence-electron chi connectivity index (χ4n) is 3.04. The summed E-state index contributed by atoms with van der Waals surface area (Å²) in [6.07, 6.45) is 3.14. The first-order valence-electron chi connectivity index (χ1n) is 7.76. The fourth-order valence-corrected chi connectivity index (χ4v) is 3.04. The number of likely N-dealkylation sites (tertiary alicyclic amines) is 1. The molecule has 1 aromatic heterocycles. The van der Waals surface area contributed by atoms with Crippen LogP contribution in [0.5, 0.6) is 11.5 Å². The van der Waals surface area contributed by atoms with Crippen molar-refractivity contribution in [3.05, 3.63) is 41.3 Å². The summed E-state index contributed by atoms with van der Waals surface area (Å²) in [7, 11) is 1.57. The van der Waals surface area contributed by atoms with Gasteiger partial charge in [0, 0.05) is 12.6 Å². The Kier molecular flexibility index (Phi) is 4.34. The van der Waals surface area contributed by atoms with Gasteiger partial charge in [-0.3, -0.25) is 4.90 Å². The second-order valence-electron chi connectivity index (χ2n) is 5.71. The number of hydrogen-bond donors (Lipinski definition) is 1. The molecule has 118 valence electrons. The van der Waals surface area contributed by atoms with Crippen molar-refractivity contribution in [3.63, 3.8) is 0 Å². The maximum Gasteiger partial charge on any atom is 0.160 e. The van der Waals surface area contributed by atoms with Gasteiger partial charge in [0.15, 0.2) is 17.3 Å². The SMILES string of the molecule is CCc1cc([C@@H]2CCCN2Cc2ccc(O)c(OC)c2)on1. The lowest BCUT2D eigenvalue weighted by molar-refractivity contribution is 0.206. The Hall–Kier alpha value is -2.01. The highest BCUT2D eigenvalue weighted by molar-refractivity contribution is 5.41. The maximum atomic E-state index is 9.69. The summed E-state index contributed by atoms with van der Waals surface area (Å²) in [5.41, 5.74) is 2.13. The number of aromatic nitrogens is 1. The van der Waals surface area contributed by atoms with Crippen LogP contribution in [0.4, 0.5) is 0 Å². The third kappa shape index (κ3) is 2.95. The van der Waals surface area contributed by atoms with Gasteiger partial charge in [-0.1, -0.05) is 18.1 Å². The normalized spacial score (nSPS) is 18.7. The molecule has 1 aliphatic heterocycles. The first kappa shape index (κ1) is 14.9. The molecule has 0 radical (unpaired) electrons. The molecule has 1 aromatic carbocycles. The van der Waals surface area contributed by atoms with E-state index in [1.54, 1.807) is 13.2 Å². The summed E-state index contributed by atoms with van der Waals surface area (Å²) >= 11 is 0. The molecule has 0 saturated carbocycles. The second kappa shape index (κ2) is 6.40. The molecule has 2 aromatic rings. The first-order chi connectivity index (χ1) is 10.7. The molecule has 0 amide bonds. The molecule has 0 aliphatic carbocycles. The quantitative estimate of drug-likeness (QED) is 0.918. The number of methoxy groups -OCH3 is 1. The van der Waals surface area contributed by atoms with Crippen molar-refractivity contribution < 1.29 is 14.4 Å². The fraction of sp³-hybridized carbons (Fsp3) is 0.471. The van der Waals surface area contributed by atoms with Crippen LogP contribution in [0.15, 0.2) is 28.8 Å². The molecule has 3 rings (SSSR count). The molecule has 1 fully saturated rings. The molecule has 1 atom stereocenters. The molecule has 1 aliphatic rings. The molecule has 1 saturated heterocycles. The molecule has 1 N–H and O–H groups in total. The van der Waals surface area contributed by atoms with E-state index in [1.165, 1.54) is 0 Å². The van der Waals surface area contributed by atoms with E-state index < -0.39 is 0 Å². The van der Waals surface area contributed by atoms with Crippen LogP contribution in [-0.4, -0.2) is 28.8 Å². The molecular weight excluding hydrogens is 280 g/mol. The molecular formula is C17H22N2O3. The average Bonchev–Trinajstić information content (AvgIpc) is 3.17. The van der Waals surface area contributed by atoms with Crippen LogP contribution < -0.4 is 4.74 Å². The molecule has 5 nitrogen and oxygen atoms in total. The number of ether oxygens (including phenoxy) is 1. The number of aryl methyl sites for hydroxylation is 1. The molecule has 0 spiro atoms. The van der Waals surface area contributed by atoms with Gasteiger partial charge in [0.2, 0.25) is 0 Å². The van der Waals surface area contributed by atoms with Gasteiger partial charge in [-0.15, -0.1) is 0 Å². The Bertz CT molecular complexity index is 639. The zero-order valence-electron chi connectivity index (χ0n) is 13.1. The summed E-state index contributed by atoms with van der Waals surface area (Å²) in [5.74, 6) is 1.65.